The van der Waals surface area contributed by atoms with Gasteiger partial charge in [-0.2, -0.15) is 0 Å². The molecule has 0 amide bonds. The van der Waals surface area contributed by atoms with Crippen LogP contribution in [0, 0.1) is 0 Å². The normalized spacial score (nSPS) is 14.8. The highest BCUT2D eigenvalue weighted by Gasteiger charge is 2.12. The molecule has 3 rings (SSSR count). The minimum atomic E-state index is 0.288. The van der Waals surface area contributed by atoms with Crippen LogP contribution in [0.2, 0.25) is 0 Å². The smallest absolute Gasteiger partial charge is 0.161 e. The summed E-state index contributed by atoms with van der Waals surface area (Å²) < 4.78 is 12.3. The molecule has 1 unspecified atom stereocenters. The van der Waals surface area contributed by atoms with Crippen molar-refractivity contribution < 1.29 is 9.47 Å². The molecule has 2 aromatic carbocycles. The van der Waals surface area contributed by atoms with Crippen molar-refractivity contribution in [1.29, 1.82) is 0 Å². The van der Waals surface area contributed by atoms with Crippen LogP contribution in [-0.4, -0.2) is 13.2 Å². The van der Waals surface area contributed by atoms with E-state index in [9.17, 15) is 0 Å². The lowest BCUT2D eigenvalue weighted by Crippen LogP contribution is -2.19. The van der Waals surface area contributed by atoms with E-state index >= 15 is 0 Å². The van der Waals surface area contributed by atoms with Crippen LogP contribution in [0.3, 0.4) is 0 Å². The summed E-state index contributed by atoms with van der Waals surface area (Å²) in [7, 11) is 0. The van der Waals surface area contributed by atoms with E-state index in [0.717, 1.165) is 22.5 Å². The number of benzene rings is 2. The van der Waals surface area contributed by atoms with Crippen LogP contribution in [0.15, 0.2) is 46.9 Å². The van der Waals surface area contributed by atoms with Gasteiger partial charge in [-0.15, -0.1) is 0 Å². The second-order valence-electron chi connectivity index (χ2n) is 5.14. The minimum absolute atomic E-state index is 0.288. The van der Waals surface area contributed by atoms with Crippen molar-refractivity contribution in [3.05, 3.63) is 58.1 Å². The Balaban J connectivity index is 1.64. The monoisotopic (exact) mass is 347 g/mol. The van der Waals surface area contributed by atoms with Gasteiger partial charge in [-0.05, 0) is 42.3 Å². The lowest BCUT2D eigenvalue weighted by atomic mass is 10.1. The standard InChI is InChI=1S/C17H18BrNO2/c1-12(14-3-2-4-15(18)10-14)19-11-13-5-6-16-17(9-13)21-8-7-20-16/h2-6,9-10,12,19H,7-8,11H2,1H3. The van der Waals surface area contributed by atoms with E-state index in [2.05, 4.69) is 58.5 Å². The molecule has 0 bridgehead atoms. The topological polar surface area (TPSA) is 30.5 Å². The number of fused-ring (bicyclic) bond motifs is 1. The fraction of sp³-hybridized carbons (Fsp3) is 0.294. The number of hydrogen-bond donors (Lipinski definition) is 1. The lowest BCUT2D eigenvalue weighted by Gasteiger charge is -2.20. The second kappa shape index (κ2) is 6.50. The molecule has 0 spiro atoms. The van der Waals surface area contributed by atoms with Gasteiger partial charge >= 0.3 is 0 Å². The summed E-state index contributed by atoms with van der Waals surface area (Å²) in [6, 6.07) is 14.8. The van der Waals surface area contributed by atoms with Crippen molar-refractivity contribution in [3.8, 4) is 11.5 Å². The molecule has 0 fully saturated rings. The Labute approximate surface area is 133 Å². The first kappa shape index (κ1) is 14.4. The fourth-order valence-electron chi connectivity index (χ4n) is 2.36. The molecule has 1 aliphatic rings. The number of hydrogen-bond acceptors (Lipinski definition) is 3. The maximum Gasteiger partial charge on any atom is 0.161 e. The molecule has 0 saturated carbocycles. The van der Waals surface area contributed by atoms with E-state index in [4.69, 9.17) is 9.47 Å². The maximum atomic E-state index is 5.61. The molecule has 1 aliphatic heterocycles. The SMILES string of the molecule is CC(NCc1ccc2c(c1)OCCO2)c1cccc(Br)c1. The lowest BCUT2D eigenvalue weighted by molar-refractivity contribution is 0.171. The molecule has 3 nitrogen and oxygen atoms in total. The quantitative estimate of drug-likeness (QED) is 0.904. The van der Waals surface area contributed by atoms with Crippen molar-refractivity contribution in [3.63, 3.8) is 0 Å². The zero-order chi connectivity index (χ0) is 14.7. The number of ether oxygens (including phenoxy) is 2. The maximum absolute atomic E-state index is 5.61. The summed E-state index contributed by atoms with van der Waals surface area (Å²) in [6.07, 6.45) is 0. The largest absolute Gasteiger partial charge is 0.486 e. The summed E-state index contributed by atoms with van der Waals surface area (Å²) in [5.74, 6) is 1.68. The van der Waals surface area contributed by atoms with Gasteiger partial charge < -0.3 is 14.8 Å². The molecule has 0 aliphatic carbocycles. The molecule has 110 valence electrons. The summed E-state index contributed by atoms with van der Waals surface area (Å²) >= 11 is 3.51. The first-order valence-electron chi connectivity index (χ1n) is 7.10. The van der Waals surface area contributed by atoms with Gasteiger partial charge in [0, 0.05) is 17.1 Å². The van der Waals surface area contributed by atoms with Gasteiger partial charge in [-0.3, -0.25) is 0 Å². The van der Waals surface area contributed by atoms with Crippen molar-refractivity contribution in [2.24, 2.45) is 0 Å². The predicted octanol–water partition coefficient (Wildman–Crippen LogP) is 4.07. The Hall–Kier alpha value is -1.52. The summed E-state index contributed by atoms with van der Waals surface area (Å²) in [6.45, 7) is 4.22. The third-order valence-electron chi connectivity index (χ3n) is 3.57. The van der Waals surface area contributed by atoms with Gasteiger partial charge in [-0.1, -0.05) is 34.1 Å². The molecule has 1 N–H and O–H groups in total. The Kier molecular flexibility index (Phi) is 4.46. The highest BCUT2D eigenvalue weighted by Crippen LogP contribution is 2.30. The van der Waals surface area contributed by atoms with Gasteiger partial charge in [0.05, 0.1) is 0 Å². The third kappa shape index (κ3) is 3.57. The van der Waals surface area contributed by atoms with Crippen molar-refractivity contribution in [2.45, 2.75) is 19.5 Å². The fourth-order valence-corrected chi connectivity index (χ4v) is 2.78. The molecular weight excluding hydrogens is 330 g/mol. The first-order valence-corrected chi connectivity index (χ1v) is 7.89. The molecule has 1 atom stereocenters. The molecule has 1 heterocycles. The Morgan fingerprint density at radius 1 is 1.10 bits per heavy atom. The summed E-state index contributed by atoms with van der Waals surface area (Å²) in [5.41, 5.74) is 2.46. The highest BCUT2D eigenvalue weighted by molar-refractivity contribution is 9.10. The van der Waals surface area contributed by atoms with Crippen LogP contribution in [0.1, 0.15) is 24.1 Å². The second-order valence-corrected chi connectivity index (χ2v) is 6.05. The van der Waals surface area contributed by atoms with Gasteiger partial charge in [0.2, 0.25) is 0 Å². The van der Waals surface area contributed by atoms with Crippen LogP contribution in [0.25, 0.3) is 0 Å². The zero-order valence-electron chi connectivity index (χ0n) is 11.9. The predicted molar refractivity (Wildman–Crippen MR) is 86.8 cm³/mol. The van der Waals surface area contributed by atoms with Crippen molar-refractivity contribution >= 4 is 15.9 Å². The summed E-state index contributed by atoms with van der Waals surface area (Å²) in [5, 5.41) is 3.53. The van der Waals surface area contributed by atoms with E-state index in [1.165, 1.54) is 11.1 Å². The van der Waals surface area contributed by atoms with Gasteiger partial charge in [0.1, 0.15) is 13.2 Å². The van der Waals surface area contributed by atoms with Crippen molar-refractivity contribution in [1.82, 2.24) is 5.32 Å². The van der Waals surface area contributed by atoms with Crippen LogP contribution >= 0.6 is 15.9 Å². The molecule has 2 aromatic rings. The Morgan fingerprint density at radius 3 is 2.71 bits per heavy atom. The molecular formula is C17H18BrNO2. The van der Waals surface area contributed by atoms with Crippen LogP contribution in [0.4, 0.5) is 0 Å². The van der Waals surface area contributed by atoms with Crippen LogP contribution in [0.5, 0.6) is 11.5 Å². The third-order valence-corrected chi connectivity index (χ3v) is 4.06. The highest BCUT2D eigenvalue weighted by atomic mass is 79.9. The van der Waals surface area contributed by atoms with Gasteiger partial charge in [0.25, 0.3) is 0 Å². The Morgan fingerprint density at radius 2 is 1.90 bits per heavy atom. The molecule has 4 heteroatoms. The average molecular weight is 348 g/mol. The number of halogens is 1. The van der Waals surface area contributed by atoms with E-state index in [-0.39, 0.29) is 6.04 Å². The van der Waals surface area contributed by atoms with Crippen molar-refractivity contribution in [2.75, 3.05) is 13.2 Å². The molecule has 21 heavy (non-hydrogen) atoms. The van der Waals surface area contributed by atoms with Crippen LogP contribution in [-0.2, 0) is 6.54 Å². The van der Waals surface area contributed by atoms with Gasteiger partial charge in [0.15, 0.2) is 11.5 Å². The first-order chi connectivity index (χ1) is 10.2. The number of rotatable bonds is 4. The molecule has 0 saturated heterocycles. The molecule has 0 radical (unpaired) electrons. The average Bonchev–Trinajstić information content (AvgIpc) is 2.52. The van der Waals surface area contributed by atoms with E-state index in [1.807, 2.05) is 12.1 Å². The summed E-state index contributed by atoms with van der Waals surface area (Å²) in [4.78, 5) is 0. The van der Waals surface area contributed by atoms with E-state index in [1.54, 1.807) is 0 Å². The minimum Gasteiger partial charge on any atom is -0.486 e. The number of nitrogens with one attached hydrogen (secondary N) is 1. The van der Waals surface area contributed by atoms with E-state index in [0.29, 0.717) is 13.2 Å². The van der Waals surface area contributed by atoms with Crippen LogP contribution < -0.4 is 14.8 Å². The molecule has 0 aromatic heterocycles. The zero-order valence-corrected chi connectivity index (χ0v) is 13.5. The Bertz CT molecular complexity index is 630. The van der Waals surface area contributed by atoms with E-state index < -0.39 is 0 Å². The van der Waals surface area contributed by atoms with Gasteiger partial charge in [-0.25, -0.2) is 0 Å².